The second kappa shape index (κ2) is 10.5. The second-order valence-electron chi connectivity index (χ2n) is 4.62. The summed E-state index contributed by atoms with van der Waals surface area (Å²) in [6.07, 6.45) is 3.43. The van der Waals surface area contributed by atoms with Crippen LogP contribution in [0.2, 0.25) is 0 Å². The standard InChI is InChI=1S/C17H22N4OS/c1-18-17(20-10-12-22-15-6-5-9-19-14-15)21-11-13-23-16-7-3-2-4-8-16/h2-9,14H,10-13H2,1H3,(H2,18,20,21). The third-order valence-electron chi connectivity index (χ3n) is 2.93. The Balaban J connectivity index is 1.56. The van der Waals surface area contributed by atoms with Gasteiger partial charge in [0.05, 0.1) is 12.7 Å². The first kappa shape index (κ1) is 17.1. The van der Waals surface area contributed by atoms with E-state index in [0.717, 1.165) is 24.0 Å². The van der Waals surface area contributed by atoms with Gasteiger partial charge in [0.15, 0.2) is 5.96 Å². The van der Waals surface area contributed by atoms with Crippen molar-refractivity contribution in [1.29, 1.82) is 0 Å². The van der Waals surface area contributed by atoms with Gasteiger partial charge in [0.2, 0.25) is 0 Å². The zero-order chi connectivity index (χ0) is 16.2. The molecule has 0 aliphatic rings. The lowest BCUT2D eigenvalue weighted by Crippen LogP contribution is -2.40. The predicted molar refractivity (Wildman–Crippen MR) is 96.3 cm³/mol. The largest absolute Gasteiger partial charge is 0.490 e. The third kappa shape index (κ3) is 7.06. The Labute approximate surface area is 141 Å². The van der Waals surface area contributed by atoms with Gasteiger partial charge in [-0.3, -0.25) is 9.98 Å². The fraction of sp³-hybridized carbons (Fsp3) is 0.294. The lowest BCUT2D eigenvalue weighted by atomic mass is 10.4. The van der Waals surface area contributed by atoms with E-state index in [2.05, 4.69) is 44.9 Å². The molecule has 0 amide bonds. The van der Waals surface area contributed by atoms with Gasteiger partial charge >= 0.3 is 0 Å². The summed E-state index contributed by atoms with van der Waals surface area (Å²) in [4.78, 5) is 9.48. The highest BCUT2D eigenvalue weighted by molar-refractivity contribution is 7.99. The summed E-state index contributed by atoms with van der Waals surface area (Å²) >= 11 is 1.82. The number of benzene rings is 1. The molecule has 2 N–H and O–H groups in total. The number of pyridine rings is 1. The normalized spacial score (nSPS) is 11.1. The minimum absolute atomic E-state index is 0.561. The van der Waals surface area contributed by atoms with Gasteiger partial charge in [-0.05, 0) is 24.3 Å². The third-order valence-corrected chi connectivity index (χ3v) is 3.94. The SMILES string of the molecule is CN=C(NCCOc1cccnc1)NCCSc1ccccc1. The van der Waals surface area contributed by atoms with Crippen molar-refractivity contribution in [3.8, 4) is 5.75 Å². The van der Waals surface area contributed by atoms with Crippen molar-refractivity contribution in [3.63, 3.8) is 0 Å². The summed E-state index contributed by atoms with van der Waals surface area (Å²) in [6, 6.07) is 14.1. The van der Waals surface area contributed by atoms with Gasteiger partial charge < -0.3 is 15.4 Å². The van der Waals surface area contributed by atoms with E-state index in [4.69, 9.17) is 4.74 Å². The topological polar surface area (TPSA) is 58.5 Å². The number of aromatic nitrogens is 1. The molecule has 0 spiro atoms. The summed E-state index contributed by atoms with van der Waals surface area (Å²) in [5, 5.41) is 6.51. The summed E-state index contributed by atoms with van der Waals surface area (Å²) in [6.45, 7) is 2.09. The van der Waals surface area contributed by atoms with Crippen LogP contribution >= 0.6 is 11.8 Å². The van der Waals surface area contributed by atoms with E-state index in [0.29, 0.717) is 13.2 Å². The Bertz CT molecular complexity index is 528. The molecular formula is C17H22N4OS. The van der Waals surface area contributed by atoms with Gasteiger partial charge in [0, 0.05) is 30.4 Å². The van der Waals surface area contributed by atoms with Crippen LogP contribution in [0.4, 0.5) is 0 Å². The van der Waals surface area contributed by atoms with Gasteiger partial charge in [-0.1, -0.05) is 18.2 Å². The van der Waals surface area contributed by atoms with Gasteiger partial charge in [0.25, 0.3) is 0 Å². The van der Waals surface area contributed by atoms with Crippen molar-refractivity contribution in [2.45, 2.75) is 4.90 Å². The molecule has 0 saturated carbocycles. The minimum Gasteiger partial charge on any atom is -0.490 e. The van der Waals surface area contributed by atoms with E-state index in [1.807, 2.05) is 30.0 Å². The molecule has 23 heavy (non-hydrogen) atoms. The molecule has 1 aromatic heterocycles. The molecule has 6 heteroatoms. The van der Waals surface area contributed by atoms with Crippen molar-refractivity contribution in [2.24, 2.45) is 4.99 Å². The van der Waals surface area contributed by atoms with Crippen LogP contribution in [0.3, 0.4) is 0 Å². The Morgan fingerprint density at radius 1 is 1.13 bits per heavy atom. The molecular weight excluding hydrogens is 308 g/mol. The van der Waals surface area contributed by atoms with E-state index in [-0.39, 0.29) is 0 Å². The van der Waals surface area contributed by atoms with Crippen LogP contribution in [-0.2, 0) is 0 Å². The fourth-order valence-corrected chi connectivity index (χ4v) is 2.64. The average molecular weight is 330 g/mol. The molecule has 2 aromatic rings. The predicted octanol–water partition coefficient (Wildman–Crippen LogP) is 2.42. The Hall–Kier alpha value is -2.21. The van der Waals surface area contributed by atoms with Crippen molar-refractivity contribution in [1.82, 2.24) is 15.6 Å². The number of hydrogen-bond donors (Lipinski definition) is 2. The van der Waals surface area contributed by atoms with Crippen LogP contribution in [0, 0.1) is 0 Å². The van der Waals surface area contributed by atoms with Gasteiger partial charge in [0.1, 0.15) is 12.4 Å². The number of aliphatic imine (C=N–C) groups is 1. The second-order valence-corrected chi connectivity index (χ2v) is 5.79. The number of guanidine groups is 1. The highest BCUT2D eigenvalue weighted by Gasteiger charge is 1.98. The van der Waals surface area contributed by atoms with Crippen molar-refractivity contribution < 1.29 is 4.74 Å². The van der Waals surface area contributed by atoms with E-state index in [1.165, 1.54) is 4.90 Å². The summed E-state index contributed by atoms with van der Waals surface area (Å²) in [7, 11) is 1.77. The summed E-state index contributed by atoms with van der Waals surface area (Å²) < 4.78 is 5.57. The minimum atomic E-state index is 0.561. The molecule has 122 valence electrons. The number of ether oxygens (including phenoxy) is 1. The molecule has 0 saturated heterocycles. The molecule has 2 rings (SSSR count). The van der Waals surface area contributed by atoms with Gasteiger partial charge in [-0.2, -0.15) is 0 Å². The van der Waals surface area contributed by atoms with Crippen LogP contribution in [0.25, 0.3) is 0 Å². The van der Waals surface area contributed by atoms with Crippen LogP contribution in [0.1, 0.15) is 0 Å². The lowest BCUT2D eigenvalue weighted by Gasteiger charge is -2.12. The van der Waals surface area contributed by atoms with Crippen molar-refractivity contribution >= 4 is 17.7 Å². The first-order valence-electron chi connectivity index (χ1n) is 7.53. The van der Waals surface area contributed by atoms with E-state index in [9.17, 15) is 0 Å². The summed E-state index contributed by atoms with van der Waals surface area (Å²) in [5.41, 5.74) is 0. The maximum atomic E-state index is 5.57. The smallest absolute Gasteiger partial charge is 0.191 e. The number of nitrogens with one attached hydrogen (secondary N) is 2. The number of rotatable bonds is 8. The highest BCUT2D eigenvalue weighted by Crippen LogP contribution is 2.15. The summed E-state index contributed by atoms with van der Waals surface area (Å²) in [5.74, 6) is 2.54. The van der Waals surface area contributed by atoms with Crippen LogP contribution in [0.5, 0.6) is 5.75 Å². The molecule has 1 heterocycles. The van der Waals surface area contributed by atoms with E-state index < -0.39 is 0 Å². The molecule has 0 aliphatic heterocycles. The first-order chi connectivity index (χ1) is 11.4. The lowest BCUT2D eigenvalue weighted by molar-refractivity contribution is 0.320. The zero-order valence-electron chi connectivity index (χ0n) is 13.2. The average Bonchev–Trinajstić information content (AvgIpc) is 2.62. The molecule has 0 bridgehead atoms. The fourth-order valence-electron chi connectivity index (χ4n) is 1.85. The molecule has 0 aliphatic carbocycles. The quantitative estimate of drug-likeness (QED) is 0.337. The number of hydrogen-bond acceptors (Lipinski definition) is 4. The van der Waals surface area contributed by atoms with Gasteiger partial charge in [-0.25, -0.2) is 0 Å². The van der Waals surface area contributed by atoms with Crippen molar-refractivity contribution in [2.75, 3.05) is 32.5 Å². The van der Waals surface area contributed by atoms with Gasteiger partial charge in [-0.15, -0.1) is 11.8 Å². The van der Waals surface area contributed by atoms with Crippen LogP contribution < -0.4 is 15.4 Å². The maximum Gasteiger partial charge on any atom is 0.191 e. The monoisotopic (exact) mass is 330 g/mol. The first-order valence-corrected chi connectivity index (χ1v) is 8.52. The Morgan fingerprint density at radius 2 is 1.96 bits per heavy atom. The zero-order valence-corrected chi connectivity index (χ0v) is 14.1. The van der Waals surface area contributed by atoms with Crippen molar-refractivity contribution in [3.05, 3.63) is 54.9 Å². The number of nitrogens with zero attached hydrogens (tertiary/aromatic N) is 2. The molecule has 0 unspecified atom stereocenters. The Kier molecular flexibility index (Phi) is 7.83. The van der Waals surface area contributed by atoms with E-state index in [1.54, 1.807) is 19.4 Å². The molecule has 1 aromatic carbocycles. The highest BCUT2D eigenvalue weighted by atomic mass is 32.2. The molecule has 0 fully saturated rings. The molecule has 0 atom stereocenters. The van der Waals surface area contributed by atoms with Crippen LogP contribution in [0.15, 0.2) is 64.7 Å². The Morgan fingerprint density at radius 3 is 2.70 bits per heavy atom. The maximum absolute atomic E-state index is 5.57. The number of thioether (sulfide) groups is 1. The molecule has 0 radical (unpaired) electrons. The van der Waals surface area contributed by atoms with Crippen LogP contribution in [-0.4, -0.2) is 43.4 Å². The van der Waals surface area contributed by atoms with E-state index >= 15 is 0 Å². The molecule has 5 nitrogen and oxygen atoms in total.